The van der Waals surface area contributed by atoms with Gasteiger partial charge >= 0.3 is 0 Å². The first kappa shape index (κ1) is 13.8. The highest BCUT2D eigenvalue weighted by atomic mass is 32.2. The monoisotopic (exact) mass is 271 g/mol. The van der Waals surface area contributed by atoms with Crippen LogP contribution < -0.4 is 0 Å². The molecule has 2 rings (SSSR count). The molecule has 1 N–H and O–H groups in total. The largest absolute Gasteiger partial charge is 0.391 e. The number of aliphatic hydroxyl groups excluding tert-OH is 1. The summed E-state index contributed by atoms with van der Waals surface area (Å²) in [5.41, 5.74) is 0. The van der Waals surface area contributed by atoms with Gasteiger partial charge in [0.05, 0.1) is 12.0 Å². The second-order valence-corrected chi connectivity index (χ2v) is 5.61. The molecule has 0 aliphatic carbocycles. The van der Waals surface area contributed by atoms with Gasteiger partial charge in [0.15, 0.2) is 5.82 Å². The van der Waals surface area contributed by atoms with Crippen molar-refractivity contribution in [1.82, 2.24) is 15.0 Å². The number of hydrogen-bond donors (Lipinski definition) is 1. The zero-order chi connectivity index (χ0) is 13.0. The van der Waals surface area contributed by atoms with Crippen LogP contribution in [0, 0.1) is 0 Å². The van der Waals surface area contributed by atoms with Crippen LogP contribution in [0.1, 0.15) is 31.5 Å². The minimum absolute atomic E-state index is 0.0182. The van der Waals surface area contributed by atoms with Gasteiger partial charge in [0.1, 0.15) is 0 Å². The zero-order valence-corrected chi connectivity index (χ0v) is 11.8. The summed E-state index contributed by atoms with van der Waals surface area (Å²) in [4.78, 5) is 6.74. The summed E-state index contributed by atoms with van der Waals surface area (Å²) in [7, 11) is 0. The number of rotatable bonds is 6. The fraction of sp³-hybridized carbons (Fsp3) is 0.833. The van der Waals surface area contributed by atoms with E-state index >= 15 is 0 Å². The van der Waals surface area contributed by atoms with Crippen molar-refractivity contribution in [2.24, 2.45) is 0 Å². The van der Waals surface area contributed by atoms with E-state index < -0.39 is 0 Å². The lowest BCUT2D eigenvalue weighted by Gasteiger charge is -2.16. The van der Waals surface area contributed by atoms with Crippen molar-refractivity contribution in [3.8, 4) is 0 Å². The quantitative estimate of drug-likeness (QED) is 0.837. The topological polar surface area (TPSA) is 62.4 Å². The predicted molar refractivity (Wildman–Crippen MR) is 71.9 cm³/mol. The molecule has 0 spiro atoms. The molecule has 0 radical (unpaired) electrons. The van der Waals surface area contributed by atoms with E-state index in [1.54, 1.807) is 11.8 Å². The van der Waals surface area contributed by atoms with E-state index in [2.05, 4.69) is 28.9 Å². The van der Waals surface area contributed by atoms with E-state index in [0.29, 0.717) is 5.89 Å². The highest BCUT2D eigenvalue weighted by Gasteiger charge is 2.31. The lowest BCUT2D eigenvalue weighted by atomic mass is 10.1. The second kappa shape index (κ2) is 6.54. The molecule has 1 aliphatic heterocycles. The molecular formula is C12H21N3O2S. The van der Waals surface area contributed by atoms with Crippen molar-refractivity contribution in [1.29, 1.82) is 0 Å². The maximum atomic E-state index is 9.79. The van der Waals surface area contributed by atoms with E-state index in [1.807, 2.05) is 0 Å². The predicted octanol–water partition coefficient (Wildman–Crippen LogP) is 1.15. The number of likely N-dealkylation sites (N-methyl/N-ethyl adjacent to an activating group) is 1. The van der Waals surface area contributed by atoms with Crippen LogP contribution >= 0.6 is 11.8 Å². The Labute approximate surface area is 112 Å². The third-order valence-electron chi connectivity index (χ3n) is 3.40. The van der Waals surface area contributed by atoms with Gasteiger partial charge in [-0.3, -0.25) is 0 Å². The van der Waals surface area contributed by atoms with Gasteiger partial charge in [0.2, 0.25) is 5.89 Å². The van der Waals surface area contributed by atoms with Crippen molar-refractivity contribution in [2.75, 3.05) is 31.1 Å². The maximum Gasteiger partial charge on any atom is 0.233 e. The van der Waals surface area contributed by atoms with Gasteiger partial charge in [-0.2, -0.15) is 16.7 Å². The summed E-state index contributed by atoms with van der Waals surface area (Å²) in [5.74, 6) is 3.01. The maximum absolute atomic E-state index is 9.79. The zero-order valence-electron chi connectivity index (χ0n) is 11.0. The normalized spacial score (nSPS) is 24.0. The van der Waals surface area contributed by atoms with Gasteiger partial charge in [-0.1, -0.05) is 19.0 Å². The minimum Gasteiger partial charge on any atom is -0.391 e. The minimum atomic E-state index is -0.342. The smallest absolute Gasteiger partial charge is 0.233 e. The van der Waals surface area contributed by atoms with E-state index in [0.717, 1.165) is 43.4 Å². The molecule has 1 aromatic heterocycles. The van der Waals surface area contributed by atoms with E-state index in [4.69, 9.17) is 4.52 Å². The van der Waals surface area contributed by atoms with Gasteiger partial charge in [-0.15, -0.1) is 0 Å². The van der Waals surface area contributed by atoms with Gasteiger partial charge < -0.3 is 14.5 Å². The van der Waals surface area contributed by atoms with Crippen LogP contribution in [0.4, 0.5) is 0 Å². The summed E-state index contributed by atoms with van der Waals surface area (Å²) in [6.07, 6.45) is 0.465. The molecule has 0 amide bonds. The lowest BCUT2D eigenvalue weighted by Crippen LogP contribution is -2.25. The van der Waals surface area contributed by atoms with Crippen LogP contribution in [-0.4, -0.2) is 57.4 Å². The van der Waals surface area contributed by atoms with Crippen LogP contribution in [-0.2, 0) is 6.42 Å². The van der Waals surface area contributed by atoms with Gasteiger partial charge in [-0.25, -0.2) is 0 Å². The lowest BCUT2D eigenvalue weighted by molar-refractivity contribution is 0.164. The molecule has 0 bridgehead atoms. The Kier molecular flexibility index (Phi) is 5.03. The first-order valence-electron chi connectivity index (χ1n) is 6.55. The fourth-order valence-corrected chi connectivity index (χ4v) is 3.32. The summed E-state index contributed by atoms with van der Waals surface area (Å²) in [5, 5.41) is 13.8. The van der Waals surface area contributed by atoms with Gasteiger partial charge in [0.25, 0.3) is 0 Å². The molecule has 18 heavy (non-hydrogen) atoms. The van der Waals surface area contributed by atoms with Crippen molar-refractivity contribution >= 4 is 11.8 Å². The third kappa shape index (κ3) is 3.24. The van der Waals surface area contributed by atoms with Crippen molar-refractivity contribution in [3.05, 3.63) is 11.7 Å². The summed E-state index contributed by atoms with van der Waals surface area (Å²) < 4.78 is 5.27. The average Bonchev–Trinajstić information content (AvgIpc) is 2.99. The second-order valence-electron chi connectivity index (χ2n) is 4.54. The number of aliphatic hydroxyl groups is 1. The molecule has 2 atom stereocenters. The number of hydrogen-bond acceptors (Lipinski definition) is 6. The number of aromatic nitrogens is 2. The highest BCUT2D eigenvalue weighted by Crippen LogP contribution is 2.31. The van der Waals surface area contributed by atoms with Crippen LogP contribution in [0.3, 0.4) is 0 Å². The van der Waals surface area contributed by atoms with E-state index in [-0.39, 0.29) is 12.0 Å². The number of thioether (sulfide) groups is 1. The molecule has 1 saturated heterocycles. The van der Waals surface area contributed by atoms with Crippen molar-refractivity contribution in [3.63, 3.8) is 0 Å². The first-order valence-corrected chi connectivity index (χ1v) is 7.70. The molecule has 1 aromatic rings. The van der Waals surface area contributed by atoms with E-state index in [9.17, 15) is 5.11 Å². The van der Waals surface area contributed by atoms with Crippen LogP contribution in [0.15, 0.2) is 4.52 Å². The molecule has 5 nitrogen and oxygen atoms in total. The third-order valence-corrected chi connectivity index (χ3v) is 4.57. The Morgan fingerprint density at radius 2 is 2.17 bits per heavy atom. The molecule has 2 heterocycles. The summed E-state index contributed by atoms with van der Waals surface area (Å²) in [6, 6.07) is 0. The van der Waals surface area contributed by atoms with Crippen LogP contribution in [0.2, 0.25) is 0 Å². The first-order chi connectivity index (χ1) is 8.74. The van der Waals surface area contributed by atoms with Crippen LogP contribution in [0.25, 0.3) is 0 Å². The Bertz CT molecular complexity index is 368. The molecule has 1 aliphatic rings. The van der Waals surface area contributed by atoms with Crippen molar-refractivity contribution in [2.45, 2.75) is 32.3 Å². The molecule has 0 aromatic carbocycles. The standard InChI is InChI=1S/C12H21N3O2S/c1-3-15(4-2)6-5-11-13-12(17-14-11)9-7-18-8-10(9)16/h9-10,16H,3-8H2,1-2H3. The van der Waals surface area contributed by atoms with Crippen molar-refractivity contribution < 1.29 is 9.63 Å². The van der Waals surface area contributed by atoms with Gasteiger partial charge in [-0.05, 0) is 13.1 Å². The summed E-state index contributed by atoms with van der Waals surface area (Å²) >= 11 is 1.73. The molecule has 102 valence electrons. The summed E-state index contributed by atoms with van der Waals surface area (Å²) in [6.45, 7) is 7.33. The highest BCUT2D eigenvalue weighted by molar-refractivity contribution is 7.99. The molecule has 0 saturated carbocycles. The SMILES string of the molecule is CCN(CC)CCc1noc(C2CSCC2O)n1. The average molecular weight is 271 g/mol. The Hall–Kier alpha value is -0.590. The molecule has 2 unspecified atom stereocenters. The Morgan fingerprint density at radius 1 is 1.39 bits per heavy atom. The Balaban J connectivity index is 1.90. The van der Waals surface area contributed by atoms with Crippen LogP contribution in [0.5, 0.6) is 0 Å². The molecule has 1 fully saturated rings. The number of nitrogens with zero attached hydrogens (tertiary/aromatic N) is 3. The van der Waals surface area contributed by atoms with E-state index in [1.165, 1.54) is 0 Å². The van der Waals surface area contributed by atoms with Gasteiger partial charge in [0, 0.05) is 24.5 Å². The Morgan fingerprint density at radius 3 is 2.78 bits per heavy atom. The molecular weight excluding hydrogens is 250 g/mol. The molecule has 6 heteroatoms. The fourth-order valence-electron chi connectivity index (χ4n) is 2.10.